The van der Waals surface area contributed by atoms with E-state index in [0.717, 1.165) is 38.1 Å². The van der Waals surface area contributed by atoms with Crippen molar-refractivity contribution in [2.75, 3.05) is 6.54 Å². The van der Waals surface area contributed by atoms with Crippen molar-refractivity contribution in [2.45, 2.75) is 45.6 Å². The Labute approximate surface area is 127 Å². The average Bonchev–Trinajstić information content (AvgIpc) is 2.93. The predicted molar refractivity (Wildman–Crippen MR) is 86.2 cm³/mol. The van der Waals surface area contributed by atoms with E-state index in [1.807, 2.05) is 24.7 Å². The SMILES string of the molecule is CCCNC(CCc1nccn1C)c1ncccc1CC. The molecule has 0 spiro atoms. The highest BCUT2D eigenvalue weighted by atomic mass is 15.0. The smallest absolute Gasteiger partial charge is 0.108 e. The molecule has 0 aliphatic carbocycles. The maximum absolute atomic E-state index is 4.64. The van der Waals surface area contributed by atoms with E-state index in [9.17, 15) is 0 Å². The van der Waals surface area contributed by atoms with Gasteiger partial charge in [0.2, 0.25) is 0 Å². The number of aryl methyl sites for hydroxylation is 3. The summed E-state index contributed by atoms with van der Waals surface area (Å²) in [6, 6.07) is 4.51. The third-order valence-electron chi connectivity index (χ3n) is 3.86. The Morgan fingerprint density at radius 3 is 2.76 bits per heavy atom. The van der Waals surface area contributed by atoms with Crippen LogP contribution in [0.1, 0.15) is 49.8 Å². The van der Waals surface area contributed by atoms with Gasteiger partial charge >= 0.3 is 0 Å². The summed E-state index contributed by atoms with van der Waals surface area (Å²) < 4.78 is 2.09. The second-order valence-corrected chi connectivity index (χ2v) is 5.40. The number of hydrogen-bond acceptors (Lipinski definition) is 3. The fourth-order valence-corrected chi connectivity index (χ4v) is 2.63. The van der Waals surface area contributed by atoms with Crippen molar-refractivity contribution in [3.05, 3.63) is 47.8 Å². The van der Waals surface area contributed by atoms with Gasteiger partial charge in [0.25, 0.3) is 0 Å². The number of rotatable bonds is 8. The third-order valence-corrected chi connectivity index (χ3v) is 3.86. The van der Waals surface area contributed by atoms with Crippen LogP contribution in [0.25, 0.3) is 0 Å². The molecule has 21 heavy (non-hydrogen) atoms. The minimum Gasteiger partial charge on any atom is -0.338 e. The molecule has 0 bridgehead atoms. The molecule has 4 nitrogen and oxygen atoms in total. The van der Waals surface area contributed by atoms with Crippen LogP contribution in [0.3, 0.4) is 0 Å². The zero-order valence-electron chi connectivity index (χ0n) is 13.3. The van der Waals surface area contributed by atoms with Gasteiger partial charge in [-0.25, -0.2) is 4.98 Å². The molecule has 4 heteroatoms. The first-order valence-corrected chi connectivity index (χ1v) is 7.89. The highest BCUT2D eigenvalue weighted by Crippen LogP contribution is 2.21. The summed E-state index contributed by atoms with van der Waals surface area (Å²) in [4.78, 5) is 9.05. The molecule has 1 N–H and O–H groups in total. The molecule has 0 fully saturated rings. The van der Waals surface area contributed by atoms with Gasteiger partial charge in [0.1, 0.15) is 5.82 Å². The first-order chi connectivity index (χ1) is 10.3. The summed E-state index contributed by atoms with van der Waals surface area (Å²) >= 11 is 0. The number of nitrogens with zero attached hydrogens (tertiary/aromatic N) is 3. The van der Waals surface area contributed by atoms with E-state index in [2.05, 4.69) is 46.8 Å². The summed E-state index contributed by atoms with van der Waals surface area (Å²) in [7, 11) is 2.05. The second-order valence-electron chi connectivity index (χ2n) is 5.40. The number of nitrogens with one attached hydrogen (secondary N) is 1. The van der Waals surface area contributed by atoms with Crippen LogP contribution in [-0.4, -0.2) is 21.1 Å². The van der Waals surface area contributed by atoms with E-state index in [1.54, 1.807) is 0 Å². The molecule has 2 aromatic rings. The van der Waals surface area contributed by atoms with Crippen LogP contribution in [-0.2, 0) is 19.9 Å². The predicted octanol–water partition coefficient (Wildman–Crippen LogP) is 3.05. The molecular weight excluding hydrogens is 260 g/mol. The molecule has 114 valence electrons. The summed E-state index contributed by atoms with van der Waals surface area (Å²) in [6.45, 7) is 5.41. The molecule has 0 aliphatic rings. The Morgan fingerprint density at radius 2 is 2.10 bits per heavy atom. The fourth-order valence-electron chi connectivity index (χ4n) is 2.63. The summed E-state index contributed by atoms with van der Waals surface area (Å²) in [5.74, 6) is 1.13. The van der Waals surface area contributed by atoms with Crippen molar-refractivity contribution >= 4 is 0 Å². The lowest BCUT2D eigenvalue weighted by molar-refractivity contribution is 0.478. The Morgan fingerprint density at radius 1 is 1.24 bits per heavy atom. The van der Waals surface area contributed by atoms with Crippen LogP contribution in [0.2, 0.25) is 0 Å². The second kappa shape index (κ2) is 7.93. The average molecular weight is 286 g/mol. The van der Waals surface area contributed by atoms with Crippen molar-refractivity contribution in [3.63, 3.8) is 0 Å². The number of aromatic nitrogens is 3. The summed E-state index contributed by atoms with van der Waals surface area (Å²) in [5.41, 5.74) is 2.54. The Hall–Kier alpha value is -1.68. The van der Waals surface area contributed by atoms with Crippen LogP contribution in [0.15, 0.2) is 30.7 Å². The van der Waals surface area contributed by atoms with Crippen LogP contribution >= 0.6 is 0 Å². The van der Waals surface area contributed by atoms with E-state index in [1.165, 1.54) is 11.3 Å². The van der Waals surface area contributed by atoms with Crippen LogP contribution in [0.4, 0.5) is 0 Å². The third kappa shape index (κ3) is 4.14. The van der Waals surface area contributed by atoms with Gasteiger partial charge in [0.15, 0.2) is 0 Å². The van der Waals surface area contributed by atoms with Gasteiger partial charge < -0.3 is 9.88 Å². The van der Waals surface area contributed by atoms with Crippen molar-refractivity contribution in [3.8, 4) is 0 Å². The van der Waals surface area contributed by atoms with Crippen LogP contribution < -0.4 is 5.32 Å². The van der Waals surface area contributed by atoms with E-state index < -0.39 is 0 Å². The summed E-state index contributed by atoms with van der Waals surface area (Å²) in [5, 5.41) is 3.64. The Bertz CT molecular complexity index is 547. The van der Waals surface area contributed by atoms with Gasteiger partial charge in [0, 0.05) is 32.1 Å². The maximum Gasteiger partial charge on any atom is 0.108 e. The number of pyridine rings is 1. The van der Waals surface area contributed by atoms with E-state index in [4.69, 9.17) is 0 Å². The standard InChI is InChI=1S/C17H26N4/c1-4-10-18-15(8-9-16-19-12-13-21(16)3)17-14(5-2)7-6-11-20-17/h6-7,11-13,15,18H,4-5,8-10H2,1-3H3. The van der Waals surface area contributed by atoms with E-state index in [-0.39, 0.29) is 0 Å². The van der Waals surface area contributed by atoms with Gasteiger partial charge in [-0.05, 0) is 37.4 Å². The first kappa shape index (κ1) is 15.7. The first-order valence-electron chi connectivity index (χ1n) is 7.89. The highest BCUT2D eigenvalue weighted by Gasteiger charge is 2.16. The molecule has 2 rings (SSSR count). The molecular formula is C17H26N4. The van der Waals surface area contributed by atoms with Crippen molar-refractivity contribution in [1.29, 1.82) is 0 Å². The maximum atomic E-state index is 4.64. The molecule has 1 atom stereocenters. The van der Waals surface area contributed by atoms with Crippen molar-refractivity contribution in [1.82, 2.24) is 19.9 Å². The molecule has 0 amide bonds. The highest BCUT2D eigenvalue weighted by molar-refractivity contribution is 5.23. The molecule has 0 radical (unpaired) electrons. The molecule has 0 saturated heterocycles. The lowest BCUT2D eigenvalue weighted by Gasteiger charge is -2.20. The van der Waals surface area contributed by atoms with Gasteiger partial charge in [-0.1, -0.05) is 19.9 Å². The monoisotopic (exact) mass is 286 g/mol. The fraction of sp³-hybridized carbons (Fsp3) is 0.529. The van der Waals surface area contributed by atoms with Gasteiger partial charge in [0.05, 0.1) is 11.7 Å². The van der Waals surface area contributed by atoms with Crippen molar-refractivity contribution in [2.24, 2.45) is 7.05 Å². The normalized spacial score (nSPS) is 12.5. The van der Waals surface area contributed by atoms with Gasteiger partial charge in [-0.3, -0.25) is 4.98 Å². The lowest BCUT2D eigenvalue weighted by atomic mass is 10.0. The van der Waals surface area contributed by atoms with E-state index >= 15 is 0 Å². The summed E-state index contributed by atoms with van der Waals surface area (Å²) in [6.07, 6.45) is 9.91. The minimum atomic E-state index is 0.304. The van der Waals surface area contributed by atoms with Crippen molar-refractivity contribution < 1.29 is 0 Å². The number of hydrogen-bond donors (Lipinski definition) is 1. The molecule has 0 aromatic carbocycles. The molecule has 2 aromatic heterocycles. The molecule has 0 saturated carbocycles. The van der Waals surface area contributed by atoms with Gasteiger partial charge in [-0.15, -0.1) is 0 Å². The van der Waals surface area contributed by atoms with Gasteiger partial charge in [-0.2, -0.15) is 0 Å². The quantitative estimate of drug-likeness (QED) is 0.811. The molecule has 0 aliphatic heterocycles. The lowest BCUT2D eigenvalue weighted by Crippen LogP contribution is -2.25. The largest absolute Gasteiger partial charge is 0.338 e. The minimum absolute atomic E-state index is 0.304. The topological polar surface area (TPSA) is 42.7 Å². The Balaban J connectivity index is 2.12. The molecule has 1 unspecified atom stereocenters. The van der Waals surface area contributed by atoms with E-state index in [0.29, 0.717) is 6.04 Å². The number of imidazole rings is 1. The molecule has 2 heterocycles. The van der Waals surface area contributed by atoms with Crippen LogP contribution in [0, 0.1) is 0 Å². The Kier molecular flexibility index (Phi) is 5.93. The zero-order chi connectivity index (χ0) is 15.1. The van der Waals surface area contributed by atoms with Crippen LogP contribution in [0.5, 0.6) is 0 Å². The zero-order valence-corrected chi connectivity index (χ0v) is 13.3.